The van der Waals surface area contributed by atoms with Crippen LogP contribution in [0.1, 0.15) is 70.3 Å². The Hall–Kier alpha value is -1.62. The molecule has 2 aliphatic rings. The molecule has 0 bridgehead atoms. The summed E-state index contributed by atoms with van der Waals surface area (Å²) in [5, 5.41) is 0. The Morgan fingerprint density at radius 3 is 2.86 bits per heavy atom. The molecular weight excluding hydrogens is 357 g/mol. The molecule has 4 nitrogen and oxygen atoms in total. The van der Waals surface area contributed by atoms with Gasteiger partial charge in [0.05, 0.1) is 13.2 Å². The average molecular weight is 392 g/mol. The van der Waals surface area contributed by atoms with Crippen molar-refractivity contribution in [1.29, 1.82) is 0 Å². The van der Waals surface area contributed by atoms with E-state index in [0.29, 0.717) is 43.3 Å². The number of likely N-dealkylation sites (tertiary alicyclic amines) is 1. The number of halogens is 1. The molecule has 1 saturated heterocycles. The quantitative estimate of drug-likeness (QED) is 0.397. The zero-order valence-corrected chi connectivity index (χ0v) is 17.3. The fraction of sp³-hybridized carbons (Fsp3) is 0.696. The SMILES string of the molecule is CCOC(=O)CCCCN1CCCC1C(C)c1ccc(F)c(OCC2CC2)c1. The van der Waals surface area contributed by atoms with E-state index in [0.717, 1.165) is 37.9 Å². The van der Waals surface area contributed by atoms with E-state index >= 15 is 0 Å². The number of esters is 1. The average Bonchev–Trinajstić information content (AvgIpc) is 3.40. The molecule has 28 heavy (non-hydrogen) atoms. The second kappa shape index (κ2) is 10.2. The Kier molecular flexibility index (Phi) is 7.72. The van der Waals surface area contributed by atoms with Crippen LogP contribution in [0.5, 0.6) is 5.75 Å². The highest BCUT2D eigenvalue weighted by molar-refractivity contribution is 5.69. The fourth-order valence-electron chi connectivity index (χ4n) is 4.14. The topological polar surface area (TPSA) is 38.8 Å². The molecule has 3 rings (SSSR count). The molecule has 1 aliphatic heterocycles. The van der Waals surface area contributed by atoms with Gasteiger partial charge in [-0.05, 0) is 88.1 Å². The van der Waals surface area contributed by atoms with Crippen LogP contribution in [-0.2, 0) is 9.53 Å². The van der Waals surface area contributed by atoms with Gasteiger partial charge in [0.15, 0.2) is 11.6 Å². The molecule has 1 aliphatic carbocycles. The lowest BCUT2D eigenvalue weighted by molar-refractivity contribution is -0.143. The van der Waals surface area contributed by atoms with Crippen LogP contribution in [0.15, 0.2) is 18.2 Å². The number of carbonyl (C=O) groups is 1. The van der Waals surface area contributed by atoms with Crippen molar-refractivity contribution in [3.05, 3.63) is 29.6 Å². The van der Waals surface area contributed by atoms with Gasteiger partial charge >= 0.3 is 5.97 Å². The van der Waals surface area contributed by atoms with Gasteiger partial charge in [0.25, 0.3) is 0 Å². The second-order valence-corrected chi connectivity index (χ2v) is 8.24. The maximum absolute atomic E-state index is 14.1. The van der Waals surface area contributed by atoms with E-state index in [1.807, 2.05) is 19.1 Å². The molecule has 1 aromatic rings. The molecule has 1 aromatic carbocycles. The van der Waals surface area contributed by atoms with Crippen LogP contribution in [-0.4, -0.2) is 43.2 Å². The number of hydrogen-bond acceptors (Lipinski definition) is 4. The van der Waals surface area contributed by atoms with E-state index in [-0.39, 0.29) is 11.8 Å². The number of unbranched alkanes of at least 4 members (excludes halogenated alkanes) is 1. The number of carbonyl (C=O) groups excluding carboxylic acids is 1. The largest absolute Gasteiger partial charge is 0.490 e. The van der Waals surface area contributed by atoms with Gasteiger partial charge < -0.3 is 9.47 Å². The predicted octanol–water partition coefficient (Wildman–Crippen LogP) is 4.92. The first-order valence-electron chi connectivity index (χ1n) is 10.9. The van der Waals surface area contributed by atoms with Crippen molar-refractivity contribution < 1.29 is 18.7 Å². The maximum Gasteiger partial charge on any atom is 0.305 e. The summed E-state index contributed by atoms with van der Waals surface area (Å²) in [7, 11) is 0. The zero-order chi connectivity index (χ0) is 19.9. The normalized spacial score (nSPS) is 20.9. The van der Waals surface area contributed by atoms with Crippen LogP contribution in [0.3, 0.4) is 0 Å². The Labute approximate surface area is 168 Å². The smallest absolute Gasteiger partial charge is 0.305 e. The molecule has 1 saturated carbocycles. The van der Waals surface area contributed by atoms with Gasteiger partial charge in [-0.2, -0.15) is 0 Å². The number of benzene rings is 1. The monoisotopic (exact) mass is 391 g/mol. The number of hydrogen-bond donors (Lipinski definition) is 0. The molecule has 0 aromatic heterocycles. The van der Waals surface area contributed by atoms with E-state index in [1.165, 1.54) is 19.3 Å². The van der Waals surface area contributed by atoms with Gasteiger partial charge in [-0.1, -0.05) is 13.0 Å². The van der Waals surface area contributed by atoms with Gasteiger partial charge in [0.2, 0.25) is 0 Å². The first kappa shape index (κ1) is 21.1. The molecule has 156 valence electrons. The minimum absolute atomic E-state index is 0.0983. The molecule has 0 N–H and O–H groups in total. The highest BCUT2D eigenvalue weighted by atomic mass is 19.1. The minimum atomic E-state index is -0.265. The lowest BCUT2D eigenvalue weighted by Gasteiger charge is -2.30. The van der Waals surface area contributed by atoms with Crippen molar-refractivity contribution in [3.8, 4) is 5.75 Å². The first-order valence-corrected chi connectivity index (χ1v) is 10.9. The number of rotatable bonds is 11. The standard InChI is InChI=1S/C23H34FNO3/c1-3-27-23(26)8-4-5-13-25-14-6-7-21(25)17(2)19-11-12-20(24)22(15-19)28-16-18-9-10-18/h11-12,15,17-18,21H,3-10,13-14,16H2,1-2H3. The predicted molar refractivity (Wildman–Crippen MR) is 108 cm³/mol. The zero-order valence-electron chi connectivity index (χ0n) is 17.3. The Balaban J connectivity index is 1.52. The van der Waals surface area contributed by atoms with Crippen LogP contribution < -0.4 is 4.74 Å². The number of ether oxygens (including phenoxy) is 2. The third kappa shape index (κ3) is 5.94. The van der Waals surface area contributed by atoms with Crippen molar-refractivity contribution in [2.75, 3.05) is 26.3 Å². The summed E-state index contributed by atoms with van der Waals surface area (Å²) in [5.74, 6) is 0.977. The van der Waals surface area contributed by atoms with Crippen molar-refractivity contribution in [2.24, 2.45) is 5.92 Å². The van der Waals surface area contributed by atoms with Gasteiger partial charge in [0, 0.05) is 12.5 Å². The molecule has 2 atom stereocenters. The highest BCUT2D eigenvalue weighted by Crippen LogP contribution is 2.34. The van der Waals surface area contributed by atoms with Crippen molar-refractivity contribution in [3.63, 3.8) is 0 Å². The van der Waals surface area contributed by atoms with Crippen LogP contribution in [0.4, 0.5) is 4.39 Å². The molecule has 0 radical (unpaired) electrons. The molecular formula is C23H34FNO3. The van der Waals surface area contributed by atoms with E-state index in [2.05, 4.69) is 11.8 Å². The molecule has 0 amide bonds. The number of nitrogens with zero attached hydrogens (tertiary/aromatic N) is 1. The summed E-state index contributed by atoms with van der Waals surface area (Å²) >= 11 is 0. The third-order valence-corrected chi connectivity index (χ3v) is 6.03. The molecule has 5 heteroatoms. The molecule has 1 heterocycles. The van der Waals surface area contributed by atoms with E-state index in [4.69, 9.17) is 9.47 Å². The Morgan fingerprint density at radius 1 is 1.29 bits per heavy atom. The summed E-state index contributed by atoms with van der Waals surface area (Å²) in [6.45, 7) is 7.26. The molecule has 0 spiro atoms. The highest BCUT2D eigenvalue weighted by Gasteiger charge is 2.30. The summed E-state index contributed by atoms with van der Waals surface area (Å²) in [6, 6.07) is 5.82. The van der Waals surface area contributed by atoms with E-state index in [9.17, 15) is 9.18 Å². The lowest BCUT2D eigenvalue weighted by Crippen LogP contribution is -2.34. The van der Waals surface area contributed by atoms with Crippen molar-refractivity contribution in [1.82, 2.24) is 4.90 Å². The van der Waals surface area contributed by atoms with Crippen LogP contribution in [0.25, 0.3) is 0 Å². The van der Waals surface area contributed by atoms with Gasteiger partial charge in [-0.25, -0.2) is 4.39 Å². The Morgan fingerprint density at radius 2 is 2.11 bits per heavy atom. The summed E-state index contributed by atoms with van der Waals surface area (Å²) in [6.07, 6.45) is 7.12. The van der Waals surface area contributed by atoms with Gasteiger partial charge in [0.1, 0.15) is 0 Å². The van der Waals surface area contributed by atoms with Crippen LogP contribution >= 0.6 is 0 Å². The van der Waals surface area contributed by atoms with Gasteiger partial charge in [-0.3, -0.25) is 9.69 Å². The second-order valence-electron chi connectivity index (χ2n) is 8.24. The third-order valence-electron chi connectivity index (χ3n) is 6.03. The van der Waals surface area contributed by atoms with E-state index < -0.39 is 0 Å². The van der Waals surface area contributed by atoms with Crippen molar-refractivity contribution >= 4 is 5.97 Å². The van der Waals surface area contributed by atoms with Crippen LogP contribution in [0, 0.1) is 11.7 Å². The summed E-state index contributed by atoms with van der Waals surface area (Å²) in [5.41, 5.74) is 1.15. The minimum Gasteiger partial charge on any atom is -0.490 e. The fourth-order valence-corrected chi connectivity index (χ4v) is 4.14. The lowest BCUT2D eigenvalue weighted by atomic mass is 9.91. The van der Waals surface area contributed by atoms with Gasteiger partial charge in [-0.15, -0.1) is 0 Å². The van der Waals surface area contributed by atoms with Crippen LogP contribution in [0.2, 0.25) is 0 Å². The van der Waals surface area contributed by atoms with Crippen molar-refractivity contribution in [2.45, 2.75) is 70.8 Å². The van der Waals surface area contributed by atoms with E-state index in [1.54, 1.807) is 6.07 Å². The first-order chi connectivity index (χ1) is 13.6. The molecule has 2 fully saturated rings. The maximum atomic E-state index is 14.1. The Bertz CT molecular complexity index is 647. The molecule has 2 unspecified atom stereocenters. The summed E-state index contributed by atoms with van der Waals surface area (Å²) < 4.78 is 24.8. The summed E-state index contributed by atoms with van der Waals surface area (Å²) in [4.78, 5) is 14.0.